The molecule has 0 aliphatic rings. The van der Waals surface area contributed by atoms with E-state index in [0.29, 0.717) is 18.7 Å². The lowest BCUT2D eigenvalue weighted by molar-refractivity contribution is 0.0366. The van der Waals surface area contributed by atoms with Gasteiger partial charge in [-0.05, 0) is 23.0 Å². The van der Waals surface area contributed by atoms with Crippen LogP contribution in [0.25, 0.3) is 0 Å². The molecule has 0 aliphatic carbocycles. The van der Waals surface area contributed by atoms with Crippen LogP contribution in [0.2, 0.25) is 0 Å². The van der Waals surface area contributed by atoms with Gasteiger partial charge in [-0.15, -0.1) is 6.58 Å². The van der Waals surface area contributed by atoms with Gasteiger partial charge in [-0.25, -0.2) is 8.42 Å². The van der Waals surface area contributed by atoms with Crippen molar-refractivity contribution in [2.75, 3.05) is 12.3 Å². The molecule has 0 spiro atoms. The highest BCUT2D eigenvalue weighted by atomic mass is 32.2. The number of para-hydroxylation sites is 1. The van der Waals surface area contributed by atoms with Crippen LogP contribution in [0.5, 0.6) is 5.75 Å². The Morgan fingerprint density at radius 2 is 2.00 bits per heavy atom. The third-order valence-corrected chi connectivity index (χ3v) is 3.53. The lowest BCUT2D eigenvalue weighted by Crippen LogP contribution is -2.36. The van der Waals surface area contributed by atoms with Crippen molar-refractivity contribution >= 4 is 10.0 Å². The highest BCUT2D eigenvalue weighted by molar-refractivity contribution is 7.89. The molecule has 94 valence electrons. The average Bonchev–Trinajstić information content (AvgIpc) is 2.30. The minimum absolute atomic E-state index is 0.125. The molecule has 0 unspecified atom stereocenters. The summed E-state index contributed by atoms with van der Waals surface area (Å²) >= 11 is 0. The van der Waals surface area contributed by atoms with E-state index in [1.807, 2.05) is 13.0 Å². The molecule has 0 atom stereocenters. The van der Waals surface area contributed by atoms with Gasteiger partial charge in [-0.1, -0.05) is 31.2 Å². The fraction of sp³-hybridized carbons (Fsp3) is 0.333. The fourth-order valence-corrected chi connectivity index (χ4v) is 2.38. The smallest absolute Gasteiger partial charge is 0.248 e. The van der Waals surface area contributed by atoms with Gasteiger partial charge in [0, 0.05) is 0 Å². The zero-order valence-electron chi connectivity index (χ0n) is 9.87. The van der Waals surface area contributed by atoms with Crippen LogP contribution in [0.15, 0.2) is 43.0 Å². The van der Waals surface area contributed by atoms with E-state index in [-0.39, 0.29) is 5.75 Å². The molecule has 17 heavy (non-hydrogen) atoms. The quantitative estimate of drug-likeness (QED) is 0.554. The molecular weight excluding hydrogens is 238 g/mol. The molecule has 4 nitrogen and oxygen atoms in total. The molecule has 1 aromatic rings. The summed E-state index contributed by atoms with van der Waals surface area (Å²) in [6.07, 6.45) is 2.04. The first-order chi connectivity index (χ1) is 8.10. The van der Waals surface area contributed by atoms with E-state index in [4.69, 9.17) is 4.84 Å². The number of sulfonamides is 1. The predicted molar refractivity (Wildman–Crippen MR) is 68.1 cm³/mol. The van der Waals surface area contributed by atoms with Crippen molar-refractivity contribution in [2.24, 2.45) is 0 Å². The van der Waals surface area contributed by atoms with Gasteiger partial charge in [-0.2, -0.15) is 0 Å². The maximum atomic E-state index is 11.9. The van der Waals surface area contributed by atoms with Crippen LogP contribution in [-0.2, 0) is 10.0 Å². The summed E-state index contributed by atoms with van der Waals surface area (Å²) in [5.74, 6) is 0.383. The summed E-state index contributed by atoms with van der Waals surface area (Å²) in [6.45, 7) is 5.65. The van der Waals surface area contributed by atoms with Gasteiger partial charge in [0.25, 0.3) is 0 Å². The Bertz CT molecular complexity index is 442. The van der Waals surface area contributed by atoms with E-state index in [9.17, 15) is 8.42 Å². The summed E-state index contributed by atoms with van der Waals surface area (Å²) in [5, 5.41) is 0. The molecule has 0 saturated heterocycles. The normalized spacial score (nSPS) is 11.4. The average molecular weight is 255 g/mol. The summed E-state index contributed by atoms with van der Waals surface area (Å²) < 4.78 is 24.7. The zero-order valence-corrected chi connectivity index (χ0v) is 10.7. The van der Waals surface area contributed by atoms with Crippen molar-refractivity contribution in [3.05, 3.63) is 43.0 Å². The number of nitrogens with zero attached hydrogens (tertiary/aromatic N) is 1. The number of hydrogen-bond donors (Lipinski definition) is 0. The van der Waals surface area contributed by atoms with Crippen LogP contribution in [0.4, 0.5) is 0 Å². The van der Waals surface area contributed by atoms with Crippen molar-refractivity contribution in [3.63, 3.8) is 0 Å². The maximum Gasteiger partial charge on any atom is 0.248 e. The van der Waals surface area contributed by atoms with Crippen molar-refractivity contribution in [3.8, 4) is 5.75 Å². The number of hydrogen-bond acceptors (Lipinski definition) is 3. The van der Waals surface area contributed by atoms with Gasteiger partial charge in [-0.3, -0.25) is 0 Å². The topological polar surface area (TPSA) is 46.6 Å². The Morgan fingerprint density at radius 1 is 1.35 bits per heavy atom. The number of rotatable bonds is 7. The molecule has 0 N–H and O–H groups in total. The summed E-state index contributed by atoms with van der Waals surface area (Å²) in [7, 11) is -3.44. The highest BCUT2D eigenvalue weighted by Gasteiger charge is 2.21. The van der Waals surface area contributed by atoms with Crippen LogP contribution in [-0.4, -0.2) is 25.2 Å². The van der Waals surface area contributed by atoms with E-state index in [0.717, 1.165) is 4.47 Å². The molecule has 0 fully saturated rings. The molecule has 0 radical (unpaired) electrons. The Kier molecular flexibility index (Phi) is 5.18. The molecule has 0 aromatic heterocycles. The lowest BCUT2D eigenvalue weighted by atomic mass is 10.3. The first kappa shape index (κ1) is 13.7. The van der Waals surface area contributed by atoms with Gasteiger partial charge in [0.05, 0.1) is 12.3 Å². The standard InChI is InChI=1S/C12H17NO3S/c1-3-10-13(17(14,15)11-4-2)16-12-8-6-5-7-9-12/h4-9H,2-3,10-11H2,1H3. The molecular formula is C12H17NO3S. The van der Waals surface area contributed by atoms with Crippen molar-refractivity contribution in [1.82, 2.24) is 4.47 Å². The van der Waals surface area contributed by atoms with Crippen molar-refractivity contribution in [1.29, 1.82) is 0 Å². The van der Waals surface area contributed by atoms with Gasteiger partial charge < -0.3 is 4.84 Å². The minimum atomic E-state index is -3.44. The van der Waals surface area contributed by atoms with Gasteiger partial charge in [0.2, 0.25) is 10.0 Å². The van der Waals surface area contributed by atoms with Gasteiger partial charge >= 0.3 is 0 Å². The first-order valence-corrected chi connectivity index (χ1v) is 7.05. The Labute approximate surface area is 103 Å². The Hall–Kier alpha value is -1.33. The summed E-state index contributed by atoms with van der Waals surface area (Å²) in [5.41, 5.74) is 0. The molecule has 0 aliphatic heterocycles. The first-order valence-electron chi connectivity index (χ1n) is 5.44. The molecule has 5 heteroatoms. The van der Waals surface area contributed by atoms with Gasteiger partial charge in [0.15, 0.2) is 0 Å². The largest absolute Gasteiger partial charge is 0.391 e. The summed E-state index contributed by atoms with van der Waals surface area (Å²) in [4.78, 5) is 5.37. The van der Waals surface area contributed by atoms with E-state index in [2.05, 4.69) is 6.58 Å². The third-order valence-electron chi connectivity index (χ3n) is 2.00. The Balaban J connectivity index is 2.83. The molecule has 0 saturated carbocycles. The number of hydroxylamine groups is 1. The monoisotopic (exact) mass is 255 g/mol. The molecule has 1 aromatic carbocycles. The fourth-order valence-electron chi connectivity index (χ4n) is 1.26. The molecule has 0 bridgehead atoms. The minimum Gasteiger partial charge on any atom is -0.391 e. The summed E-state index contributed by atoms with van der Waals surface area (Å²) in [6, 6.07) is 8.85. The SMILES string of the molecule is C=CCS(=O)(=O)N(CCC)Oc1ccccc1. The second kappa shape index (κ2) is 6.42. The third kappa shape index (κ3) is 4.20. The van der Waals surface area contributed by atoms with E-state index in [1.165, 1.54) is 6.08 Å². The van der Waals surface area contributed by atoms with Crippen LogP contribution < -0.4 is 4.84 Å². The van der Waals surface area contributed by atoms with E-state index < -0.39 is 10.0 Å². The van der Waals surface area contributed by atoms with Gasteiger partial charge in [0.1, 0.15) is 5.75 Å². The van der Waals surface area contributed by atoms with Crippen LogP contribution in [0.3, 0.4) is 0 Å². The Morgan fingerprint density at radius 3 is 2.53 bits per heavy atom. The lowest BCUT2D eigenvalue weighted by Gasteiger charge is -2.20. The van der Waals surface area contributed by atoms with E-state index in [1.54, 1.807) is 24.3 Å². The zero-order chi connectivity index (χ0) is 12.7. The van der Waals surface area contributed by atoms with Crippen molar-refractivity contribution < 1.29 is 13.3 Å². The highest BCUT2D eigenvalue weighted by Crippen LogP contribution is 2.13. The van der Waals surface area contributed by atoms with Crippen molar-refractivity contribution in [2.45, 2.75) is 13.3 Å². The molecule has 0 amide bonds. The molecule has 0 heterocycles. The maximum absolute atomic E-state index is 11.9. The van der Waals surface area contributed by atoms with Crippen LogP contribution >= 0.6 is 0 Å². The second-order valence-electron chi connectivity index (χ2n) is 3.50. The molecule has 1 rings (SSSR count). The predicted octanol–water partition coefficient (Wildman–Crippen LogP) is 2.21. The van der Waals surface area contributed by atoms with Crippen LogP contribution in [0, 0.1) is 0 Å². The number of benzene rings is 1. The van der Waals surface area contributed by atoms with E-state index >= 15 is 0 Å². The van der Waals surface area contributed by atoms with Crippen LogP contribution in [0.1, 0.15) is 13.3 Å². The second-order valence-corrected chi connectivity index (χ2v) is 5.40.